The maximum absolute atomic E-state index is 9.93. The van der Waals surface area contributed by atoms with Crippen LogP contribution in [0.4, 0.5) is 0 Å². The van der Waals surface area contributed by atoms with Crippen LogP contribution in [0.15, 0.2) is 0 Å². The van der Waals surface area contributed by atoms with E-state index in [-0.39, 0.29) is 12.2 Å². The molecule has 2 nitrogen and oxygen atoms in total. The molecule has 0 aliphatic heterocycles. The quantitative estimate of drug-likeness (QED) is 0.677. The highest BCUT2D eigenvalue weighted by molar-refractivity contribution is 4.86. The van der Waals surface area contributed by atoms with E-state index in [1.807, 2.05) is 0 Å². The molecular formula is C12H22O2. The van der Waals surface area contributed by atoms with Crippen LogP contribution in [0, 0.1) is 11.8 Å². The number of rotatable bonds is 1. The summed E-state index contributed by atoms with van der Waals surface area (Å²) in [5, 5.41) is 19.9. The summed E-state index contributed by atoms with van der Waals surface area (Å²) in [5.41, 5.74) is 0. The van der Waals surface area contributed by atoms with Crippen LogP contribution in [0.3, 0.4) is 0 Å². The van der Waals surface area contributed by atoms with Crippen molar-refractivity contribution in [3.8, 4) is 0 Å². The van der Waals surface area contributed by atoms with Crippen molar-refractivity contribution in [2.24, 2.45) is 11.8 Å². The Balaban J connectivity index is 1.96. The largest absolute Gasteiger partial charge is 0.393 e. The minimum absolute atomic E-state index is 0.138. The van der Waals surface area contributed by atoms with Crippen molar-refractivity contribution < 1.29 is 10.2 Å². The monoisotopic (exact) mass is 198 g/mol. The van der Waals surface area contributed by atoms with Crippen molar-refractivity contribution in [3.63, 3.8) is 0 Å². The van der Waals surface area contributed by atoms with Crippen LogP contribution < -0.4 is 0 Å². The molecule has 2 unspecified atom stereocenters. The zero-order valence-corrected chi connectivity index (χ0v) is 8.86. The van der Waals surface area contributed by atoms with Crippen molar-refractivity contribution in [2.75, 3.05) is 0 Å². The van der Waals surface area contributed by atoms with Gasteiger partial charge in [0, 0.05) is 0 Å². The lowest BCUT2D eigenvalue weighted by molar-refractivity contribution is -0.0325. The first-order valence-corrected chi connectivity index (χ1v) is 6.15. The van der Waals surface area contributed by atoms with Gasteiger partial charge >= 0.3 is 0 Å². The maximum Gasteiger partial charge on any atom is 0.0572 e. The fraction of sp³-hybridized carbons (Fsp3) is 1.00. The predicted molar refractivity (Wildman–Crippen MR) is 55.9 cm³/mol. The van der Waals surface area contributed by atoms with Gasteiger partial charge in [-0.3, -0.25) is 0 Å². The molecule has 2 saturated carbocycles. The molecule has 0 spiro atoms. The highest BCUT2D eigenvalue weighted by Gasteiger charge is 2.35. The minimum Gasteiger partial charge on any atom is -0.393 e. The third kappa shape index (κ3) is 2.12. The first kappa shape index (κ1) is 10.4. The highest BCUT2D eigenvalue weighted by atomic mass is 16.3. The smallest absolute Gasteiger partial charge is 0.0572 e. The van der Waals surface area contributed by atoms with Crippen LogP contribution in [-0.4, -0.2) is 22.4 Å². The summed E-state index contributed by atoms with van der Waals surface area (Å²) in [4.78, 5) is 0. The Labute approximate surface area is 86.3 Å². The van der Waals surface area contributed by atoms with E-state index < -0.39 is 0 Å². The van der Waals surface area contributed by atoms with Gasteiger partial charge in [-0.05, 0) is 37.5 Å². The molecule has 14 heavy (non-hydrogen) atoms. The summed E-state index contributed by atoms with van der Waals surface area (Å²) in [6.07, 6.45) is 8.70. The van der Waals surface area contributed by atoms with Crippen LogP contribution in [0.5, 0.6) is 0 Å². The summed E-state index contributed by atoms with van der Waals surface area (Å²) >= 11 is 0. The molecule has 0 heterocycles. The highest BCUT2D eigenvalue weighted by Crippen LogP contribution is 2.38. The first-order valence-electron chi connectivity index (χ1n) is 6.15. The average molecular weight is 198 g/mol. The van der Waals surface area contributed by atoms with Gasteiger partial charge < -0.3 is 10.2 Å². The molecule has 0 aromatic carbocycles. The molecule has 0 amide bonds. The van der Waals surface area contributed by atoms with Crippen LogP contribution in [-0.2, 0) is 0 Å². The summed E-state index contributed by atoms with van der Waals surface area (Å²) in [5.74, 6) is 0.776. The zero-order valence-electron chi connectivity index (χ0n) is 8.86. The molecular weight excluding hydrogens is 176 g/mol. The van der Waals surface area contributed by atoms with E-state index in [4.69, 9.17) is 0 Å². The molecule has 0 aromatic heterocycles. The lowest BCUT2D eigenvalue weighted by Crippen LogP contribution is -2.38. The molecule has 2 N–H and O–H groups in total. The Bertz CT molecular complexity index is 161. The molecule has 0 aromatic rings. The van der Waals surface area contributed by atoms with Gasteiger partial charge in [0.2, 0.25) is 0 Å². The van der Waals surface area contributed by atoms with Gasteiger partial charge in [-0.25, -0.2) is 0 Å². The molecule has 2 aliphatic carbocycles. The van der Waals surface area contributed by atoms with Crippen LogP contribution in [0.25, 0.3) is 0 Å². The lowest BCUT2D eigenvalue weighted by Gasteiger charge is -2.39. The topological polar surface area (TPSA) is 40.5 Å². The van der Waals surface area contributed by atoms with Crippen molar-refractivity contribution in [1.29, 1.82) is 0 Å². The van der Waals surface area contributed by atoms with Crippen molar-refractivity contribution in [2.45, 2.75) is 63.6 Å². The van der Waals surface area contributed by atoms with E-state index in [1.54, 1.807) is 0 Å². The van der Waals surface area contributed by atoms with Crippen molar-refractivity contribution in [3.05, 3.63) is 0 Å². The molecule has 2 aliphatic rings. The standard InChI is InChI=1S/C12H22O2/c13-11-7-3-1-5-9(11)10-6-2-4-8-12(10)14/h9-14H,1-8H2/t9?,10?,11-,12-/m1/s1. The number of hydrogen-bond acceptors (Lipinski definition) is 2. The Hall–Kier alpha value is -0.0800. The predicted octanol–water partition coefficient (Wildman–Crippen LogP) is 2.09. The zero-order chi connectivity index (χ0) is 9.97. The fourth-order valence-corrected chi connectivity index (χ4v) is 3.28. The number of aliphatic hydroxyl groups is 2. The summed E-state index contributed by atoms with van der Waals surface area (Å²) < 4.78 is 0. The first-order chi connectivity index (χ1) is 6.79. The molecule has 0 saturated heterocycles. The van der Waals surface area contributed by atoms with Gasteiger partial charge in [-0.15, -0.1) is 0 Å². The summed E-state index contributed by atoms with van der Waals surface area (Å²) in [6.45, 7) is 0. The molecule has 0 bridgehead atoms. The minimum atomic E-state index is -0.138. The molecule has 2 heteroatoms. The summed E-state index contributed by atoms with van der Waals surface area (Å²) in [7, 11) is 0. The second-order valence-electron chi connectivity index (χ2n) is 5.03. The number of hydrogen-bond donors (Lipinski definition) is 2. The fourth-order valence-electron chi connectivity index (χ4n) is 3.28. The Kier molecular flexibility index (Phi) is 3.45. The molecule has 4 atom stereocenters. The van der Waals surface area contributed by atoms with Gasteiger partial charge in [0.25, 0.3) is 0 Å². The normalized spacial score (nSPS) is 45.0. The number of aliphatic hydroxyl groups excluding tert-OH is 2. The van der Waals surface area contributed by atoms with Gasteiger partial charge in [-0.2, -0.15) is 0 Å². The van der Waals surface area contributed by atoms with E-state index in [0.29, 0.717) is 11.8 Å². The molecule has 2 fully saturated rings. The summed E-state index contributed by atoms with van der Waals surface area (Å²) in [6, 6.07) is 0. The van der Waals surface area contributed by atoms with E-state index in [2.05, 4.69) is 0 Å². The van der Waals surface area contributed by atoms with Crippen LogP contribution in [0.1, 0.15) is 51.4 Å². The molecule has 0 radical (unpaired) electrons. The lowest BCUT2D eigenvalue weighted by atomic mass is 9.71. The second-order valence-corrected chi connectivity index (χ2v) is 5.03. The van der Waals surface area contributed by atoms with E-state index in [1.165, 1.54) is 25.7 Å². The van der Waals surface area contributed by atoms with Gasteiger partial charge in [0.1, 0.15) is 0 Å². The second kappa shape index (κ2) is 4.63. The van der Waals surface area contributed by atoms with Gasteiger partial charge in [0.05, 0.1) is 12.2 Å². The SMILES string of the molecule is O[C@@H]1CCCCC1C1CCCC[C@H]1O. The maximum atomic E-state index is 9.93. The van der Waals surface area contributed by atoms with Crippen molar-refractivity contribution >= 4 is 0 Å². The van der Waals surface area contributed by atoms with E-state index in [0.717, 1.165) is 25.7 Å². The van der Waals surface area contributed by atoms with Crippen LogP contribution in [0.2, 0.25) is 0 Å². The molecule has 82 valence electrons. The Morgan fingerprint density at radius 3 is 1.29 bits per heavy atom. The van der Waals surface area contributed by atoms with E-state index >= 15 is 0 Å². The Morgan fingerprint density at radius 1 is 0.571 bits per heavy atom. The average Bonchev–Trinajstić information content (AvgIpc) is 2.20. The van der Waals surface area contributed by atoms with Gasteiger partial charge in [-0.1, -0.05) is 25.7 Å². The third-order valence-corrected chi connectivity index (χ3v) is 4.11. The van der Waals surface area contributed by atoms with E-state index in [9.17, 15) is 10.2 Å². The Morgan fingerprint density at radius 2 is 0.929 bits per heavy atom. The third-order valence-electron chi connectivity index (χ3n) is 4.11. The van der Waals surface area contributed by atoms with Gasteiger partial charge in [0.15, 0.2) is 0 Å². The van der Waals surface area contributed by atoms with Crippen molar-refractivity contribution in [1.82, 2.24) is 0 Å². The van der Waals surface area contributed by atoms with Crippen LogP contribution >= 0.6 is 0 Å². The molecule has 2 rings (SSSR count).